The number of rotatable bonds is 5. The van der Waals surface area contributed by atoms with E-state index in [9.17, 15) is 9.59 Å². The van der Waals surface area contributed by atoms with Gasteiger partial charge in [-0.25, -0.2) is 9.59 Å². The number of carbonyl (C=O) groups excluding carboxylic acids is 2. The van der Waals surface area contributed by atoms with Crippen LogP contribution in [0.1, 0.15) is 38.3 Å². The van der Waals surface area contributed by atoms with Crippen LogP contribution in [-0.2, 0) is 14.2 Å². The molecule has 0 spiro atoms. The van der Waals surface area contributed by atoms with Crippen molar-refractivity contribution in [1.29, 1.82) is 0 Å². The van der Waals surface area contributed by atoms with Crippen molar-refractivity contribution in [3.05, 3.63) is 70.8 Å². The van der Waals surface area contributed by atoms with Crippen LogP contribution in [0.15, 0.2) is 48.5 Å². The van der Waals surface area contributed by atoms with Crippen molar-refractivity contribution in [3.8, 4) is 12.3 Å². The van der Waals surface area contributed by atoms with Crippen LogP contribution in [0.2, 0.25) is 0 Å². The van der Waals surface area contributed by atoms with E-state index in [1.807, 2.05) is 38.1 Å². The normalized spacial score (nSPS) is 21.0. The Hall–Kier alpha value is -3.10. The zero-order valence-electron chi connectivity index (χ0n) is 15.9. The third-order valence-corrected chi connectivity index (χ3v) is 4.75. The Morgan fingerprint density at radius 3 is 2.11 bits per heavy atom. The highest BCUT2D eigenvalue weighted by atomic mass is 16.6. The van der Waals surface area contributed by atoms with Crippen LogP contribution in [0.3, 0.4) is 0 Å². The molecule has 0 aromatic heterocycles. The fraction of sp³-hybridized carbons (Fsp3) is 0.304. The van der Waals surface area contributed by atoms with Crippen LogP contribution in [0.4, 0.5) is 0 Å². The zero-order chi connectivity index (χ0) is 20.1. The van der Waals surface area contributed by atoms with Crippen molar-refractivity contribution in [2.45, 2.75) is 32.0 Å². The van der Waals surface area contributed by atoms with Crippen LogP contribution in [0.25, 0.3) is 0 Å². The predicted molar refractivity (Wildman–Crippen MR) is 104 cm³/mol. The topological polar surface area (TPSA) is 61.8 Å². The average Bonchev–Trinajstić information content (AvgIpc) is 3.10. The molecule has 5 nitrogen and oxygen atoms in total. The van der Waals surface area contributed by atoms with Gasteiger partial charge >= 0.3 is 11.9 Å². The van der Waals surface area contributed by atoms with E-state index in [-0.39, 0.29) is 6.61 Å². The molecule has 1 aliphatic rings. The highest BCUT2D eigenvalue weighted by molar-refractivity contribution is 5.90. The lowest BCUT2D eigenvalue weighted by atomic mass is 9.98. The number of benzene rings is 2. The summed E-state index contributed by atoms with van der Waals surface area (Å²) in [5.74, 6) is 1.54. The lowest BCUT2D eigenvalue weighted by molar-refractivity contribution is -0.0653. The second-order valence-electron chi connectivity index (χ2n) is 6.87. The first-order valence-electron chi connectivity index (χ1n) is 9.07. The summed E-state index contributed by atoms with van der Waals surface area (Å²) >= 11 is 0. The minimum Gasteiger partial charge on any atom is -0.458 e. The van der Waals surface area contributed by atoms with Gasteiger partial charge in [-0.15, -0.1) is 6.42 Å². The number of aryl methyl sites for hydroxylation is 2. The Balaban J connectivity index is 1.67. The maximum absolute atomic E-state index is 12.5. The van der Waals surface area contributed by atoms with Gasteiger partial charge in [-0.05, 0) is 38.1 Å². The van der Waals surface area contributed by atoms with E-state index in [0.29, 0.717) is 24.2 Å². The summed E-state index contributed by atoms with van der Waals surface area (Å²) in [5, 5.41) is 0. The van der Waals surface area contributed by atoms with E-state index in [0.717, 1.165) is 11.1 Å². The summed E-state index contributed by atoms with van der Waals surface area (Å²) in [6.45, 7) is 3.99. The third-order valence-electron chi connectivity index (χ3n) is 4.75. The molecule has 28 heavy (non-hydrogen) atoms. The molecule has 0 aliphatic carbocycles. The van der Waals surface area contributed by atoms with Gasteiger partial charge < -0.3 is 14.2 Å². The van der Waals surface area contributed by atoms with Gasteiger partial charge in [0.15, 0.2) is 5.60 Å². The summed E-state index contributed by atoms with van der Waals surface area (Å²) in [4.78, 5) is 24.8. The number of terminal acetylenes is 1. The minimum absolute atomic E-state index is 0.192. The highest BCUT2D eigenvalue weighted by Gasteiger charge is 2.47. The van der Waals surface area contributed by atoms with E-state index in [2.05, 4.69) is 5.92 Å². The highest BCUT2D eigenvalue weighted by Crippen LogP contribution is 2.30. The van der Waals surface area contributed by atoms with Crippen molar-refractivity contribution >= 4 is 11.9 Å². The quantitative estimate of drug-likeness (QED) is 0.589. The van der Waals surface area contributed by atoms with E-state index in [1.165, 1.54) is 0 Å². The van der Waals surface area contributed by atoms with Crippen LogP contribution < -0.4 is 0 Å². The van der Waals surface area contributed by atoms with Gasteiger partial charge in [0.05, 0.1) is 17.7 Å². The standard InChI is InChI=1S/C23H22O5/c1-4-23(15-26-21(24)18-9-5-16(2)6-10-18)20(13-14-27-23)28-22(25)19-11-7-17(3)8-12-19/h1,5-12,20H,13-15H2,2-3H3. The molecule has 0 amide bonds. The molecule has 0 radical (unpaired) electrons. The Bertz CT molecular complexity index is 892. The van der Waals surface area contributed by atoms with Gasteiger partial charge in [0, 0.05) is 6.42 Å². The van der Waals surface area contributed by atoms with Crippen molar-refractivity contribution in [3.63, 3.8) is 0 Å². The summed E-state index contributed by atoms with van der Waals surface area (Å²) in [7, 11) is 0. The number of hydrogen-bond acceptors (Lipinski definition) is 5. The minimum atomic E-state index is -1.29. The average molecular weight is 378 g/mol. The van der Waals surface area contributed by atoms with Gasteiger partial charge in [0.25, 0.3) is 0 Å². The largest absolute Gasteiger partial charge is 0.458 e. The summed E-state index contributed by atoms with van der Waals surface area (Å²) in [6.07, 6.45) is 5.42. The number of hydrogen-bond donors (Lipinski definition) is 0. The molecule has 0 N–H and O–H groups in total. The molecular formula is C23H22O5. The van der Waals surface area contributed by atoms with Crippen LogP contribution in [0, 0.1) is 26.2 Å². The van der Waals surface area contributed by atoms with Gasteiger partial charge in [-0.1, -0.05) is 41.3 Å². The molecule has 2 aromatic rings. The maximum atomic E-state index is 12.5. The molecule has 1 fully saturated rings. The fourth-order valence-electron chi connectivity index (χ4n) is 2.97. The lowest BCUT2D eigenvalue weighted by Gasteiger charge is -2.28. The second kappa shape index (κ2) is 8.28. The molecule has 2 unspecified atom stereocenters. The molecule has 1 heterocycles. The number of esters is 2. The maximum Gasteiger partial charge on any atom is 0.338 e. The molecule has 5 heteroatoms. The molecule has 2 atom stereocenters. The van der Waals surface area contributed by atoms with E-state index in [4.69, 9.17) is 20.6 Å². The van der Waals surface area contributed by atoms with Crippen LogP contribution >= 0.6 is 0 Å². The molecule has 3 rings (SSSR count). The Labute approximate surface area is 164 Å². The zero-order valence-corrected chi connectivity index (χ0v) is 15.9. The number of carbonyl (C=O) groups is 2. The van der Waals surface area contributed by atoms with E-state index in [1.54, 1.807) is 24.3 Å². The van der Waals surface area contributed by atoms with Gasteiger partial charge in [-0.2, -0.15) is 0 Å². The first-order valence-corrected chi connectivity index (χ1v) is 9.07. The Morgan fingerprint density at radius 2 is 1.57 bits per heavy atom. The monoisotopic (exact) mass is 378 g/mol. The molecule has 0 saturated carbocycles. The van der Waals surface area contributed by atoms with Crippen molar-refractivity contribution in [2.75, 3.05) is 13.2 Å². The summed E-state index contributed by atoms with van der Waals surface area (Å²) < 4.78 is 16.7. The number of ether oxygens (including phenoxy) is 3. The lowest BCUT2D eigenvalue weighted by Crippen LogP contribution is -2.45. The molecule has 1 saturated heterocycles. The van der Waals surface area contributed by atoms with Crippen LogP contribution in [-0.4, -0.2) is 36.9 Å². The van der Waals surface area contributed by atoms with Gasteiger partial charge in [-0.3, -0.25) is 0 Å². The first kappa shape index (κ1) is 19.7. The second-order valence-corrected chi connectivity index (χ2v) is 6.87. The van der Waals surface area contributed by atoms with Gasteiger partial charge in [0.2, 0.25) is 0 Å². The van der Waals surface area contributed by atoms with Crippen molar-refractivity contribution < 1.29 is 23.8 Å². The molecule has 0 bridgehead atoms. The summed E-state index contributed by atoms with van der Waals surface area (Å²) in [6, 6.07) is 14.1. The van der Waals surface area contributed by atoms with E-state index >= 15 is 0 Å². The molecule has 1 aliphatic heterocycles. The first-order chi connectivity index (χ1) is 13.4. The van der Waals surface area contributed by atoms with Crippen molar-refractivity contribution in [2.24, 2.45) is 0 Å². The fourth-order valence-corrected chi connectivity index (χ4v) is 2.97. The molecular weight excluding hydrogens is 356 g/mol. The Morgan fingerprint density at radius 1 is 1.04 bits per heavy atom. The smallest absolute Gasteiger partial charge is 0.338 e. The van der Waals surface area contributed by atoms with Crippen molar-refractivity contribution in [1.82, 2.24) is 0 Å². The van der Waals surface area contributed by atoms with Gasteiger partial charge in [0.1, 0.15) is 12.7 Å². The molecule has 2 aromatic carbocycles. The third kappa shape index (κ3) is 4.24. The SMILES string of the molecule is C#CC1(COC(=O)c2ccc(C)cc2)OCCC1OC(=O)c1ccc(C)cc1. The summed E-state index contributed by atoms with van der Waals surface area (Å²) in [5.41, 5.74) is 1.64. The van der Waals surface area contributed by atoms with E-state index < -0.39 is 23.6 Å². The Kier molecular flexibility index (Phi) is 5.81. The van der Waals surface area contributed by atoms with Crippen LogP contribution in [0.5, 0.6) is 0 Å². The molecule has 144 valence electrons. The predicted octanol–water partition coefficient (Wildman–Crippen LogP) is 3.48.